The third kappa shape index (κ3) is 4.98. The molecule has 3 heteroatoms. The zero-order valence-corrected chi connectivity index (χ0v) is 10.5. The molecule has 0 saturated carbocycles. The molecular weight excluding hydrogens is 217 g/mol. The number of hydrogen-bond acceptors (Lipinski definition) is 1. The maximum Gasteiger partial charge on any atom is 0.223 e. The van der Waals surface area contributed by atoms with Gasteiger partial charge in [-0.25, -0.2) is 4.39 Å². The van der Waals surface area contributed by atoms with Gasteiger partial charge in [0.25, 0.3) is 0 Å². The van der Waals surface area contributed by atoms with Gasteiger partial charge in [0.05, 0.1) is 0 Å². The molecule has 1 amide bonds. The van der Waals surface area contributed by atoms with Gasteiger partial charge in [-0.05, 0) is 30.5 Å². The van der Waals surface area contributed by atoms with Crippen LogP contribution < -0.4 is 5.32 Å². The maximum absolute atomic E-state index is 12.7. The van der Waals surface area contributed by atoms with E-state index in [0.717, 1.165) is 24.9 Å². The van der Waals surface area contributed by atoms with Gasteiger partial charge in [-0.2, -0.15) is 0 Å². The van der Waals surface area contributed by atoms with Gasteiger partial charge in [-0.15, -0.1) is 0 Å². The lowest BCUT2D eigenvalue weighted by molar-refractivity contribution is -0.124. The van der Waals surface area contributed by atoms with Gasteiger partial charge >= 0.3 is 0 Å². The fourth-order valence-corrected chi connectivity index (χ4v) is 1.63. The van der Waals surface area contributed by atoms with Crippen molar-refractivity contribution in [3.8, 4) is 0 Å². The zero-order valence-electron chi connectivity index (χ0n) is 10.5. The van der Waals surface area contributed by atoms with E-state index in [1.807, 2.05) is 6.92 Å². The number of halogens is 1. The molecule has 0 aliphatic rings. The van der Waals surface area contributed by atoms with Gasteiger partial charge in [0.2, 0.25) is 5.91 Å². The van der Waals surface area contributed by atoms with E-state index in [1.165, 1.54) is 12.1 Å². The summed E-state index contributed by atoms with van der Waals surface area (Å²) in [6, 6.07) is 6.31. The molecule has 94 valence electrons. The van der Waals surface area contributed by atoms with Crippen LogP contribution in [0.2, 0.25) is 0 Å². The molecule has 0 saturated heterocycles. The van der Waals surface area contributed by atoms with E-state index in [4.69, 9.17) is 0 Å². The van der Waals surface area contributed by atoms with Crippen LogP contribution in [0.25, 0.3) is 0 Å². The smallest absolute Gasteiger partial charge is 0.223 e. The molecule has 0 aromatic heterocycles. The maximum atomic E-state index is 12.7. The number of benzene rings is 1. The van der Waals surface area contributed by atoms with Gasteiger partial charge in [0.15, 0.2) is 0 Å². The Morgan fingerprint density at radius 1 is 1.35 bits per heavy atom. The second-order valence-corrected chi connectivity index (χ2v) is 4.38. The van der Waals surface area contributed by atoms with E-state index in [2.05, 4.69) is 12.2 Å². The lowest BCUT2D eigenvalue weighted by Crippen LogP contribution is -2.31. The molecule has 1 aromatic rings. The van der Waals surface area contributed by atoms with Gasteiger partial charge in [0, 0.05) is 12.5 Å². The van der Waals surface area contributed by atoms with Crippen molar-refractivity contribution in [2.75, 3.05) is 6.54 Å². The number of amides is 1. The normalized spacial score (nSPS) is 12.2. The summed E-state index contributed by atoms with van der Waals surface area (Å²) in [5.41, 5.74) is 0.990. The molecular formula is C14H20FNO. The van der Waals surface area contributed by atoms with Crippen molar-refractivity contribution in [3.63, 3.8) is 0 Å². The van der Waals surface area contributed by atoms with Gasteiger partial charge in [-0.1, -0.05) is 32.4 Å². The molecule has 1 N–H and O–H groups in total. The van der Waals surface area contributed by atoms with Crippen LogP contribution in [0.15, 0.2) is 24.3 Å². The number of rotatable bonds is 6. The number of carbonyl (C=O) groups is 1. The lowest BCUT2D eigenvalue weighted by atomic mass is 10.0. The summed E-state index contributed by atoms with van der Waals surface area (Å²) in [6.45, 7) is 4.72. The number of unbranched alkanes of at least 4 members (excludes halogenated alkanes) is 1. The Labute approximate surface area is 102 Å². The highest BCUT2D eigenvalue weighted by Gasteiger charge is 2.12. The van der Waals surface area contributed by atoms with E-state index in [1.54, 1.807) is 12.1 Å². The monoisotopic (exact) mass is 237 g/mol. The molecule has 1 unspecified atom stereocenters. The first-order valence-electron chi connectivity index (χ1n) is 6.15. The third-order valence-electron chi connectivity index (χ3n) is 2.73. The Balaban J connectivity index is 2.40. The topological polar surface area (TPSA) is 29.1 Å². The van der Waals surface area contributed by atoms with E-state index in [0.29, 0.717) is 6.42 Å². The summed E-state index contributed by atoms with van der Waals surface area (Å²) in [6.07, 6.45) is 2.74. The van der Waals surface area contributed by atoms with Crippen molar-refractivity contribution in [1.82, 2.24) is 5.32 Å². The number of carbonyl (C=O) groups excluding carboxylic acids is 1. The van der Waals surface area contributed by atoms with Crippen molar-refractivity contribution < 1.29 is 9.18 Å². The highest BCUT2D eigenvalue weighted by molar-refractivity contribution is 5.78. The second-order valence-electron chi connectivity index (χ2n) is 4.38. The molecule has 1 aromatic carbocycles. The van der Waals surface area contributed by atoms with Crippen LogP contribution in [0, 0.1) is 11.7 Å². The summed E-state index contributed by atoms with van der Waals surface area (Å²) in [5, 5.41) is 2.90. The molecule has 0 bridgehead atoms. The lowest BCUT2D eigenvalue weighted by Gasteiger charge is -2.11. The predicted molar refractivity (Wildman–Crippen MR) is 67.2 cm³/mol. The van der Waals surface area contributed by atoms with Crippen molar-refractivity contribution in [3.05, 3.63) is 35.6 Å². The van der Waals surface area contributed by atoms with Crippen molar-refractivity contribution in [2.24, 2.45) is 5.92 Å². The first-order chi connectivity index (χ1) is 8.13. The predicted octanol–water partition coefficient (Wildman–Crippen LogP) is 2.92. The fraction of sp³-hybridized carbons (Fsp3) is 0.500. The molecule has 0 aliphatic carbocycles. The fourth-order valence-electron chi connectivity index (χ4n) is 1.63. The quantitative estimate of drug-likeness (QED) is 0.757. The molecule has 0 radical (unpaired) electrons. The summed E-state index contributed by atoms with van der Waals surface area (Å²) < 4.78 is 12.7. The van der Waals surface area contributed by atoms with Crippen LogP contribution in [0.3, 0.4) is 0 Å². The Kier molecular flexibility index (Phi) is 5.67. The molecule has 0 fully saturated rings. The largest absolute Gasteiger partial charge is 0.356 e. The van der Waals surface area contributed by atoms with Gasteiger partial charge in [0.1, 0.15) is 5.82 Å². The van der Waals surface area contributed by atoms with Crippen LogP contribution in [0.4, 0.5) is 4.39 Å². The van der Waals surface area contributed by atoms with Crippen molar-refractivity contribution in [1.29, 1.82) is 0 Å². The van der Waals surface area contributed by atoms with Crippen LogP contribution in [0.1, 0.15) is 32.3 Å². The first-order valence-corrected chi connectivity index (χ1v) is 6.15. The van der Waals surface area contributed by atoms with E-state index in [-0.39, 0.29) is 17.6 Å². The molecule has 17 heavy (non-hydrogen) atoms. The molecule has 2 nitrogen and oxygen atoms in total. The number of hydrogen-bond donors (Lipinski definition) is 1. The van der Waals surface area contributed by atoms with E-state index >= 15 is 0 Å². The molecule has 0 aliphatic heterocycles. The molecule has 0 heterocycles. The average Bonchev–Trinajstić information content (AvgIpc) is 2.32. The Hall–Kier alpha value is -1.38. The summed E-state index contributed by atoms with van der Waals surface area (Å²) in [4.78, 5) is 11.7. The Bertz CT molecular complexity index is 348. The zero-order chi connectivity index (χ0) is 12.7. The first kappa shape index (κ1) is 13.7. The van der Waals surface area contributed by atoms with Crippen LogP contribution in [-0.4, -0.2) is 12.5 Å². The Morgan fingerprint density at radius 2 is 2.00 bits per heavy atom. The molecule has 1 atom stereocenters. The van der Waals surface area contributed by atoms with Crippen molar-refractivity contribution in [2.45, 2.75) is 33.1 Å². The second kappa shape index (κ2) is 7.05. The summed E-state index contributed by atoms with van der Waals surface area (Å²) >= 11 is 0. The molecule has 1 rings (SSSR count). The minimum absolute atomic E-state index is 0.0719. The van der Waals surface area contributed by atoms with Gasteiger partial charge < -0.3 is 5.32 Å². The third-order valence-corrected chi connectivity index (χ3v) is 2.73. The van der Waals surface area contributed by atoms with E-state index in [9.17, 15) is 9.18 Å². The highest BCUT2D eigenvalue weighted by atomic mass is 19.1. The summed E-state index contributed by atoms with van der Waals surface area (Å²) in [5.74, 6) is -0.242. The van der Waals surface area contributed by atoms with Crippen LogP contribution in [-0.2, 0) is 11.2 Å². The van der Waals surface area contributed by atoms with Gasteiger partial charge in [-0.3, -0.25) is 4.79 Å². The summed E-state index contributed by atoms with van der Waals surface area (Å²) in [7, 11) is 0. The molecule has 0 spiro atoms. The highest BCUT2D eigenvalue weighted by Crippen LogP contribution is 2.09. The van der Waals surface area contributed by atoms with Crippen LogP contribution in [0.5, 0.6) is 0 Å². The standard InChI is InChI=1S/C14H20FNO/c1-3-4-9-16-14(17)11(2)10-12-5-7-13(15)8-6-12/h5-8,11H,3-4,9-10H2,1-2H3,(H,16,17). The van der Waals surface area contributed by atoms with Crippen LogP contribution >= 0.6 is 0 Å². The minimum Gasteiger partial charge on any atom is -0.356 e. The number of nitrogens with one attached hydrogen (secondary N) is 1. The minimum atomic E-state index is -0.242. The van der Waals surface area contributed by atoms with E-state index < -0.39 is 0 Å². The Morgan fingerprint density at radius 3 is 2.59 bits per heavy atom. The SMILES string of the molecule is CCCCNC(=O)C(C)Cc1ccc(F)cc1. The van der Waals surface area contributed by atoms with Crippen molar-refractivity contribution >= 4 is 5.91 Å². The average molecular weight is 237 g/mol.